The summed E-state index contributed by atoms with van der Waals surface area (Å²) in [5.74, 6) is 1.82. The van der Waals surface area contributed by atoms with Crippen LogP contribution in [0.3, 0.4) is 0 Å². The number of benzene rings is 1. The Bertz CT molecular complexity index is 759. The second-order valence-electron chi connectivity index (χ2n) is 7.52. The normalized spacial score (nSPS) is 15.1. The Kier molecular flexibility index (Phi) is 7.73. The van der Waals surface area contributed by atoms with E-state index in [0.29, 0.717) is 5.92 Å². The van der Waals surface area contributed by atoms with Crippen LogP contribution in [0.2, 0.25) is 0 Å². The van der Waals surface area contributed by atoms with Gasteiger partial charge in [0.2, 0.25) is 5.91 Å². The maximum Gasteiger partial charge on any atom is 0.223 e. The average Bonchev–Trinajstić information content (AvgIpc) is 2.70. The number of aromatic nitrogens is 2. The molecule has 1 fully saturated rings. The van der Waals surface area contributed by atoms with Crippen LogP contribution in [0, 0.1) is 11.8 Å². The smallest absolute Gasteiger partial charge is 0.223 e. The highest BCUT2D eigenvalue weighted by atomic mass is 79.9. The molecule has 0 spiro atoms. The second kappa shape index (κ2) is 10.3. The molecule has 0 aliphatic carbocycles. The molecule has 0 bridgehead atoms. The Labute approximate surface area is 179 Å². The molecule has 1 aliphatic heterocycles. The number of nitrogens with one attached hydrogen (secondary N) is 1. The van der Waals surface area contributed by atoms with Gasteiger partial charge in [-0.2, -0.15) is 0 Å². The number of rotatable bonds is 7. The summed E-state index contributed by atoms with van der Waals surface area (Å²) >= 11 is 5.05. The lowest BCUT2D eigenvalue weighted by molar-refractivity contribution is -0.125. The first kappa shape index (κ1) is 21.1. The topological polar surface area (TPSA) is 58.1 Å². The third kappa shape index (κ3) is 6.21. The number of carbonyl (C=O) groups excluding carboxylic acids is 1. The van der Waals surface area contributed by atoms with Gasteiger partial charge in [0.05, 0.1) is 0 Å². The van der Waals surface area contributed by atoms with E-state index in [9.17, 15) is 4.79 Å². The van der Waals surface area contributed by atoms with Crippen LogP contribution in [0.15, 0.2) is 50.8 Å². The molecule has 1 aromatic carbocycles. The molecule has 2 aromatic rings. The lowest BCUT2D eigenvalue weighted by Crippen LogP contribution is -2.41. The summed E-state index contributed by atoms with van der Waals surface area (Å²) in [5, 5.41) is 12.7. The van der Waals surface area contributed by atoms with Crippen molar-refractivity contribution in [3.05, 3.63) is 40.9 Å². The van der Waals surface area contributed by atoms with E-state index in [0.717, 1.165) is 59.1 Å². The Morgan fingerprint density at radius 3 is 2.50 bits per heavy atom. The molecule has 3 rings (SSSR count). The van der Waals surface area contributed by atoms with Crippen LogP contribution in [-0.2, 0) is 4.79 Å². The van der Waals surface area contributed by atoms with Crippen LogP contribution < -0.4 is 10.2 Å². The van der Waals surface area contributed by atoms with E-state index in [1.54, 1.807) is 11.8 Å². The van der Waals surface area contributed by atoms with Gasteiger partial charge >= 0.3 is 0 Å². The summed E-state index contributed by atoms with van der Waals surface area (Å²) < 4.78 is 1.07. The molecule has 1 amide bonds. The molecule has 1 N–H and O–H groups in total. The highest BCUT2D eigenvalue weighted by Gasteiger charge is 2.25. The van der Waals surface area contributed by atoms with Gasteiger partial charge in [-0.05, 0) is 61.6 Å². The highest BCUT2D eigenvalue weighted by Crippen LogP contribution is 2.28. The maximum absolute atomic E-state index is 12.3. The van der Waals surface area contributed by atoms with Crippen molar-refractivity contribution < 1.29 is 4.79 Å². The first-order valence-electron chi connectivity index (χ1n) is 9.81. The van der Waals surface area contributed by atoms with E-state index in [-0.39, 0.29) is 11.8 Å². The summed E-state index contributed by atoms with van der Waals surface area (Å²) in [6, 6.07) is 12.2. The van der Waals surface area contributed by atoms with Gasteiger partial charge in [-0.25, -0.2) is 0 Å². The third-order valence-electron chi connectivity index (χ3n) is 4.87. The first-order valence-corrected chi connectivity index (χ1v) is 11.4. The number of piperidine rings is 1. The van der Waals surface area contributed by atoms with Crippen LogP contribution in [0.5, 0.6) is 0 Å². The van der Waals surface area contributed by atoms with Gasteiger partial charge in [-0.3, -0.25) is 4.79 Å². The van der Waals surface area contributed by atoms with Gasteiger partial charge in [0, 0.05) is 34.9 Å². The minimum Gasteiger partial charge on any atom is -0.356 e. The molecular weight excluding hydrogens is 436 g/mol. The largest absolute Gasteiger partial charge is 0.356 e. The SMILES string of the molecule is CC(C)CCNC(=O)C1CCN(c2ccc(Sc3ccc(Br)cc3)nn2)CC1. The van der Waals surface area contributed by atoms with Gasteiger partial charge in [0.25, 0.3) is 0 Å². The summed E-state index contributed by atoms with van der Waals surface area (Å²) in [4.78, 5) is 15.7. The summed E-state index contributed by atoms with van der Waals surface area (Å²) in [7, 11) is 0. The molecule has 2 heterocycles. The van der Waals surface area contributed by atoms with Crippen molar-refractivity contribution in [3.63, 3.8) is 0 Å². The van der Waals surface area contributed by atoms with Crippen LogP contribution in [0.1, 0.15) is 33.1 Å². The van der Waals surface area contributed by atoms with E-state index in [1.165, 1.54) is 0 Å². The Morgan fingerprint density at radius 2 is 1.89 bits per heavy atom. The molecule has 0 unspecified atom stereocenters. The summed E-state index contributed by atoms with van der Waals surface area (Å²) in [6.45, 7) is 6.81. The van der Waals surface area contributed by atoms with Crippen LogP contribution >= 0.6 is 27.7 Å². The standard InChI is InChI=1S/C21H27BrN4OS/c1-15(2)9-12-23-21(27)16-10-13-26(14-11-16)19-7-8-20(25-24-19)28-18-5-3-17(22)4-6-18/h3-8,15-16H,9-14H2,1-2H3,(H,23,27). The zero-order valence-electron chi connectivity index (χ0n) is 16.4. The third-order valence-corrected chi connectivity index (χ3v) is 6.34. The zero-order chi connectivity index (χ0) is 19.9. The number of nitrogens with zero attached hydrogens (tertiary/aromatic N) is 3. The molecule has 0 saturated carbocycles. The molecule has 0 radical (unpaired) electrons. The van der Waals surface area contributed by atoms with E-state index in [4.69, 9.17) is 0 Å². The summed E-state index contributed by atoms with van der Waals surface area (Å²) in [5.41, 5.74) is 0. The Morgan fingerprint density at radius 1 is 1.18 bits per heavy atom. The van der Waals surface area contributed by atoms with Crippen molar-refractivity contribution in [1.82, 2.24) is 15.5 Å². The van der Waals surface area contributed by atoms with Crippen molar-refractivity contribution in [2.24, 2.45) is 11.8 Å². The van der Waals surface area contributed by atoms with E-state index in [2.05, 4.69) is 62.3 Å². The van der Waals surface area contributed by atoms with Crippen molar-refractivity contribution in [2.45, 2.75) is 43.0 Å². The molecular formula is C21H27BrN4OS. The number of halogens is 1. The summed E-state index contributed by atoms with van der Waals surface area (Å²) in [6.07, 6.45) is 2.76. The lowest BCUT2D eigenvalue weighted by atomic mass is 9.96. The van der Waals surface area contributed by atoms with Crippen molar-refractivity contribution in [1.29, 1.82) is 0 Å². The fourth-order valence-electron chi connectivity index (χ4n) is 3.16. The maximum atomic E-state index is 12.3. The van der Waals surface area contributed by atoms with Crippen molar-refractivity contribution in [3.8, 4) is 0 Å². The van der Waals surface area contributed by atoms with E-state index in [1.807, 2.05) is 24.3 Å². The molecule has 5 nitrogen and oxygen atoms in total. The highest BCUT2D eigenvalue weighted by molar-refractivity contribution is 9.10. The van der Waals surface area contributed by atoms with Crippen LogP contribution in [0.25, 0.3) is 0 Å². The molecule has 0 atom stereocenters. The lowest BCUT2D eigenvalue weighted by Gasteiger charge is -2.31. The Hall–Kier alpha value is -1.60. The number of hydrogen-bond acceptors (Lipinski definition) is 5. The van der Waals surface area contributed by atoms with Gasteiger partial charge in [-0.15, -0.1) is 10.2 Å². The molecule has 7 heteroatoms. The number of anilines is 1. The fraction of sp³-hybridized carbons (Fsp3) is 0.476. The molecule has 150 valence electrons. The van der Waals surface area contributed by atoms with Crippen LogP contribution in [0.4, 0.5) is 5.82 Å². The van der Waals surface area contributed by atoms with Crippen molar-refractivity contribution in [2.75, 3.05) is 24.5 Å². The van der Waals surface area contributed by atoms with Crippen LogP contribution in [-0.4, -0.2) is 35.7 Å². The monoisotopic (exact) mass is 462 g/mol. The average molecular weight is 463 g/mol. The van der Waals surface area contributed by atoms with Gasteiger partial charge in [0.15, 0.2) is 5.82 Å². The number of amides is 1. The Balaban J connectivity index is 1.47. The predicted molar refractivity (Wildman–Crippen MR) is 118 cm³/mol. The first-order chi connectivity index (χ1) is 13.5. The van der Waals surface area contributed by atoms with Gasteiger partial charge in [-0.1, -0.05) is 41.5 Å². The predicted octanol–water partition coefficient (Wildman–Crippen LogP) is 4.77. The molecule has 28 heavy (non-hydrogen) atoms. The molecule has 1 aromatic heterocycles. The zero-order valence-corrected chi connectivity index (χ0v) is 18.8. The van der Waals surface area contributed by atoms with E-state index >= 15 is 0 Å². The van der Waals surface area contributed by atoms with Gasteiger partial charge < -0.3 is 10.2 Å². The molecule has 1 saturated heterocycles. The van der Waals surface area contributed by atoms with Crippen molar-refractivity contribution >= 4 is 39.4 Å². The minimum atomic E-state index is 0.114. The molecule has 1 aliphatic rings. The second-order valence-corrected chi connectivity index (χ2v) is 9.53. The van der Waals surface area contributed by atoms with E-state index < -0.39 is 0 Å². The minimum absolute atomic E-state index is 0.114. The number of carbonyl (C=O) groups is 1. The van der Waals surface area contributed by atoms with Gasteiger partial charge in [0.1, 0.15) is 5.03 Å². The quantitative estimate of drug-likeness (QED) is 0.641. The fourth-order valence-corrected chi connectivity index (χ4v) is 4.15. The number of hydrogen-bond donors (Lipinski definition) is 1.